The molecule has 2 saturated heterocycles. The standard InChI is InChI=1S/C21H28N4O2S/c26-19-13-28-20(24(19)12-17-2-1-5-27-17)22-18-3-4-25(23-18)21-9-14-6-15(10-21)8-16(7-14)11-21/h3-4,14-17H,1-2,5-13H2/t14?,15?,16?,17-,21?/m0/s1. The van der Waals surface area contributed by atoms with Gasteiger partial charge < -0.3 is 4.74 Å². The molecule has 6 aliphatic rings. The zero-order chi connectivity index (χ0) is 18.7. The fourth-order valence-electron chi connectivity index (χ4n) is 6.73. The van der Waals surface area contributed by atoms with Crippen LogP contribution in [0.4, 0.5) is 5.82 Å². The summed E-state index contributed by atoms with van der Waals surface area (Å²) in [7, 11) is 0. The normalized spacial score (nSPS) is 40.9. The number of amidine groups is 1. The van der Waals surface area contributed by atoms with Crippen molar-refractivity contribution in [1.82, 2.24) is 14.7 Å². The van der Waals surface area contributed by atoms with E-state index in [1.54, 1.807) is 0 Å². The van der Waals surface area contributed by atoms with Crippen LogP contribution < -0.4 is 0 Å². The third-order valence-corrected chi connectivity index (χ3v) is 8.51. The number of amides is 1. The number of aliphatic imine (C=N–C) groups is 1. The average Bonchev–Trinajstić information content (AvgIpc) is 3.39. The van der Waals surface area contributed by atoms with Crippen LogP contribution in [0, 0.1) is 17.8 Å². The van der Waals surface area contributed by atoms with E-state index in [1.165, 1.54) is 50.3 Å². The first-order chi connectivity index (χ1) is 13.7. The zero-order valence-corrected chi connectivity index (χ0v) is 17.1. The Morgan fingerprint density at radius 1 is 1.21 bits per heavy atom. The van der Waals surface area contributed by atoms with Gasteiger partial charge in [-0.05, 0) is 69.1 Å². The van der Waals surface area contributed by atoms with Crippen LogP contribution in [0.15, 0.2) is 17.3 Å². The highest BCUT2D eigenvalue weighted by atomic mass is 32.2. The highest BCUT2D eigenvalue weighted by Gasteiger charge is 2.52. The Morgan fingerprint density at radius 2 is 1.96 bits per heavy atom. The van der Waals surface area contributed by atoms with Crippen LogP contribution in [0.25, 0.3) is 0 Å². The second-order valence-corrected chi connectivity index (χ2v) is 10.5. The van der Waals surface area contributed by atoms with Crippen molar-refractivity contribution < 1.29 is 9.53 Å². The van der Waals surface area contributed by atoms with E-state index in [9.17, 15) is 4.79 Å². The van der Waals surface area contributed by atoms with E-state index in [-0.39, 0.29) is 17.6 Å². The molecule has 0 unspecified atom stereocenters. The number of thioether (sulfide) groups is 1. The minimum atomic E-state index is 0.139. The zero-order valence-electron chi connectivity index (χ0n) is 16.3. The van der Waals surface area contributed by atoms with Crippen molar-refractivity contribution in [2.24, 2.45) is 22.7 Å². The van der Waals surface area contributed by atoms with E-state index in [1.807, 2.05) is 11.0 Å². The van der Waals surface area contributed by atoms with Crippen molar-refractivity contribution in [3.63, 3.8) is 0 Å². The minimum Gasteiger partial charge on any atom is -0.376 e. The second-order valence-electron chi connectivity index (χ2n) is 9.58. The molecule has 1 atom stereocenters. The third kappa shape index (κ3) is 2.93. The van der Waals surface area contributed by atoms with Gasteiger partial charge in [-0.25, -0.2) is 4.99 Å². The van der Waals surface area contributed by atoms with Crippen molar-refractivity contribution >= 4 is 28.7 Å². The summed E-state index contributed by atoms with van der Waals surface area (Å²) in [6.07, 6.45) is 12.6. The van der Waals surface area contributed by atoms with Gasteiger partial charge in [0.25, 0.3) is 0 Å². The van der Waals surface area contributed by atoms with Crippen LogP contribution in [-0.4, -0.2) is 50.8 Å². The predicted octanol–water partition coefficient (Wildman–Crippen LogP) is 3.55. The number of aromatic nitrogens is 2. The van der Waals surface area contributed by atoms with Crippen molar-refractivity contribution in [2.75, 3.05) is 18.9 Å². The average molecular weight is 401 g/mol. The van der Waals surface area contributed by atoms with Crippen LogP contribution in [0.2, 0.25) is 0 Å². The van der Waals surface area contributed by atoms with Gasteiger partial charge in [0.1, 0.15) is 0 Å². The molecule has 1 aromatic rings. The fourth-order valence-corrected chi connectivity index (χ4v) is 7.63. The van der Waals surface area contributed by atoms with Gasteiger partial charge in [-0.2, -0.15) is 5.10 Å². The topological polar surface area (TPSA) is 59.7 Å². The molecule has 4 saturated carbocycles. The molecule has 0 N–H and O–H groups in total. The first kappa shape index (κ1) is 17.5. The Kier molecular flexibility index (Phi) is 4.12. The van der Waals surface area contributed by atoms with Crippen molar-refractivity contribution in [1.29, 1.82) is 0 Å². The van der Waals surface area contributed by atoms with Crippen molar-refractivity contribution in [3.05, 3.63) is 12.3 Å². The summed E-state index contributed by atoms with van der Waals surface area (Å²) >= 11 is 1.53. The Balaban J connectivity index is 1.23. The summed E-state index contributed by atoms with van der Waals surface area (Å²) in [4.78, 5) is 18.9. The summed E-state index contributed by atoms with van der Waals surface area (Å²) in [6, 6.07) is 2.03. The number of carbonyl (C=O) groups is 1. The molecule has 3 heterocycles. The van der Waals surface area contributed by atoms with Gasteiger partial charge >= 0.3 is 0 Å². The molecule has 6 nitrogen and oxygen atoms in total. The number of hydrogen-bond donors (Lipinski definition) is 0. The number of nitrogens with zero attached hydrogens (tertiary/aromatic N) is 4. The highest BCUT2D eigenvalue weighted by Crippen LogP contribution is 2.58. The third-order valence-electron chi connectivity index (χ3n) is 7.54. The molecule has 28 heavy (non-hydrogen) atoms. The van der Waals surface area contributed by atoms with Crippen molar-refractivity contribution in [3.8, 4) is 0 Å². The lowest BCUT2D eigenvalue weighted by atomic mass is 9.53. The Bertz CT molecular complexity index is 778. The SMILES string of the molecule is O=C1CSC(=Nc2ccn(C34CC5CC(CC(C5)C3)C4)n2)N1C[C@@H]1CCCO1. The summed E-state index contributed by atoms with van der Waals surface area (Å²) in [5, 5.41) is 5.69. The summed E-state index contributed by atoms with van der Waals surface area (Å²) in [5.74, 6) is 4.05. The molecule has 4 bridgehead atoms. The summed E-state index contributed by atoms with van der Waals surface area (Å²) in [5.41, 5.74) is 0.225. The van der Waals surface area contributed by atoms with Crippen molar-refractivity contribution in [2.45, 2.75) is 63.0 Å². The predicted molar refractivity (Wildman–Crippen MR) is 109 cm³/mol. The highest BCUT2D eigenvalue weighted by molar-refractivity contribution is 8.15. The van der Waals surface area contributed by atoms with Gasteiger partial charge in [-0.15, -0.1) is 0 Å². The first-order valence-corrected chi connectivity index (χ1v) is 11.8. The molecule has 0 spiro atoms. The van der Waals surface area contributed by atoms with E-state index in [0.29, 0.717) is 12.3 Å². The maximum Gasteiger partial charge on any atom is 0.239 e. The lowest BCUT2D eigenvalue weighted by molar-refractivity contribution is -0.125. The molecule has 1 amide bonds. The maximum atomic E-state index is 12.3. The molecule has 6 fully saturated rings. The van der Waals surface area contributed by atoms with E-state index in [4.69, 9.17) is 14.8 Å². The van der Waals surface area contributed by atoms with E-state index in [2.05, 4.69) is 10.9 Å². The number of hydrogen-bond acceptors (Lipinski definition) is 5. The van der Waals surface area contributed by atoms with Gasteiger partial charge in [0.2, 0.25) is 5.91 Å². The molecule has 1 aromatic heterocycles. The Labute approximate surface area is 170 Å². The molecule has 2 aliphatic heterocycles. The molecule has 0 radical (unpaired) electrons. The van der Waals surface area contributed by atoms with E-state index < -0.39 is 0 Å². The van der Waals surface area contributed by atoms with Gasteiger partial charge in [0, 0.05) is 18.9 Å². The lowest BCUT2D eigenvalue weighted by Gasteiger charge is -2.56. The largest absolute Gasteiger partial charge is 0.376 e. The monoisotopic (exact) mass is 400 g/mol. The quantitative estimate of drug-likeness (QED) is 0.775. The van der Waals surface area contributed by atoms with E-state index >= 15 is 0 Å². The molecule has 4 aliphatic carbocycles. The lowest BCUT2D eigenvalue weighted by Crippen LogP contribution is -2.52. The van der Waals surface area contributed by atoms with Crippen LogP contribution in [0.1, 0.15) is 51.4 Å². The van der Waals surface area contributed by atoms with Crippen LogP contribution in [0.5, 0.6) is 0 Å². The number of rotatable bonds is 4. The molecular weight excluding hydrogens is 372 g/mol. The van der Waals surface area contributed by atoms with Gasteiger partial charge in [-0.3, -0.25) is 14.4 Å². The molecule has 7 heteroatoms. The van der Waals surface area contributed by atoms with Crippen LogP contribution in [0.3, 0.4) is 0 Å². The van der Waals surface area contributed by atoms with Crippen LogP contribution in [-0.2, 0) is 15.1 Å². The number of ether oxygens (including phenoxy) is 1. The number of carbonyl (C=O) groups excluding carboxylic acids is 1. The fraction of sp³-hybridized carbons (Fsp3) is 0.762. The van der Waals surface area contributed by atoms with E-state index in [0.717, 1.165) is 48.2 Å². The summed E-state index contributed by atoms with van der Waals surface area (Å²) in [6.45, 7) is 1.43. The smallest absolute Gasteiger partial charge is 0.239 e. The molecule has 150 valence electrons. The second kappa shape index (κ2) is 6.59. The minimum absolute atomic E-state index is 0.139. The first-order valence-electron chi connectivity index (χ1n) is 10.9. The maximum absolute atomic E-state index is 12.3. The summed E-state index contributed by atoms with van der Waals surface area (Å²) < 4.78 is 7.96. The molecule has 7 rings (SSSR count). The van der Waals surface area contributed by atoms with Gasteiger partial charge in [-0.1, -0.05) is 11.8 Å². The molecule has 0 aromatic carbocycles. The molecular formula is C21H28N4O2S. The Hall–Kier alpha value is -1.34. The van der Waals surface area contributed by atoms with Gasteiger partial charge in [0.15, 0.2) is 11.0 Å². The Morgan fingerprint density at radius 3 is 2.64 bits per heavy atom. The van der Waals surface area contributed by atoms with Crippen LogP contribution >= 0.6 is 11.8 Å². The van der Waals surface area contributed by atoms with Gasteiger partial charge in [0.05, 0.1) is 23.9 Å².